The summed E-state index contributed by atoms with van der Waals surface area (Å²) < 4.78 is 27.1. The third kappa shape index (κ3) is 4.03. The Morgan fingerprint density at radius 2 is 2.05 bits per heavy atom. The van der Waals surface area contributed by atoms with Gasteiger partial charge in [-0.05, 0) is 43.3 Å². The van der Waals surface area contributed by atoms with E-state index in [0.29, 0.717) is 5.69 Å². The summed E-state index contributed by atoms with van der Waals surface area (Å²) in [5.74, 6) is 0. The fourth-order valence-corrected chi connectivity index (χ4v) is 3.03. The molecule has 0 bridgehead atoms. The Labute approximate surface area is 125 Å². The molecule has 2 aromatic rings. The monoisotopic (exact) mass is 305 g/mol. The van der Waals surface area contributed by atoms with Gasteiger partial charge in [-0.2, -0.15) is 0 Å². The van der Waals surface area contributed by atoms with Crippen LogP contribution in [0.4, 0.5) is 5.69 Å². The second kappa shape index (κ2) is 6.69. The van der Waals surface area contributed by atoms with E-state index in [9.17, 15) is 8.42 Å². The van der Waals surface area contributed by atoms with E-state index in [2.05, 4.69) is 15.0 Å². The van der Waals surface area contributed by atoms with Crippen LogP contribution in [0.15, 0.2) is 53.7 Å². The minimum Gasteiger partial charge on any atom is -0.310 e. The predicted molar refractivity (Wildman–Crippen MR) is 83.6 cm³/mol. The predicted octanol–water partition coefficient (Wildman–Crippen LogP) is 2.55. The fraction of sp³-hybridized carbons (Fsp3) is 0.267. The molecule has 0 aliphatic heterocycles. The van der Waals surface area contributed by atoms with E-state index in [4.69, 9.17) is 0 Å². The lowest BCUT2D eigenvalue weighted by molar-refractivity contribution is 0.597. The molecule has 21 heavy (non-hydrogen) atoms. The summed E-state index contributed by atoms with van der Waals surface area (Å²) in [5.41, 5.74) is 1.57. The highest BCUT2D eigenvalue weighted by molar-refractivity contribution is 7.92. The standard InChI is InChI=1S/C15H19N3O2S/c1-3-17-12(2)13-6-4-7-14(10-13)18-21(19,20)15-8-5-9-16-11-15/h4-12,17-18H,3H2,1-2H3. The maximum Gasteiger partial charge on any atom is 0.263 e. The first kappa shape index (κ1) is 15.5. The summed E-state index contributed by atoms with van der Waals surface area (Å²) >= 11 is 0. The van der Waals surface area contributed by atoms with E-state index in [1.165, 1.54) is 18.5 Å². The zero-order valence-corrected chi connectivity index (χ0v) is 12.9. The maximum atomic E-state index is 12.2. The zero-order valence-electron chi connectivity index (χ0n) is 12.1. The van der Waals surface area contributed by atoms with Crippen molar-refractivity contribution in [3.05, 3.63) is 54.4 Å². The normalized spacial score (nSPS) is 12.9. The zero-order chi connectivity index (χ0) is 15.3. The fourth-order valence-electron chi connectivity index (χ4n) is 2.02. The molecule has 0 aliphatic carbocycles. The number of nitrogens with one attached hydrogen (secondary N) is 2. The lowest BCUT2D eigenvalue weighted by Crippen LogP contribution is -2.18. The van der Waals surface area contributed by atoms with E-state index in [0.717, 1.165) is 12.1 Å². The van der Waals surface area contributed by atoms with Gasteiger partial charge in [0, 0.05) is 24.1 Å². The molecule has 0 fully saturated rings. The Bertz CT molecular complexity index is 687. The van der Waals surface area contributed by atoms with Crippen molar-refractivity contribution in [1.29, 1.82) is 0 Å². The van der Waals surface area contributed by atoms with Crippen molar-refractivity contribution in [3.63, 3.8) is 0 Å². The van der Waals surface area contributed by atoms with Crippen molar-refractivity contribution in [2.45, 2.75) is 24.8 Å². The number of hydrogen-bond donors (Lipinski definition) is 2. The lowest BCUT2D eigenvalue weighted by Gasteiger charge is -2.14. The summed E-state index contributed by atoms with van der Waals surface area (Å²) in [6.07, 6.45) is 2.87. The van der Waals surface area contributed by atoms with Gasteiger partial charge in [0.2, 0.25) is 0 Å². The van der Waals surface area contributed by atoms with Gasteiger partial charge in [-0.15, -0.1) is 0 Å². The largest absolute Gasteiger partial charge is 0.310 e. The molecule has 2 rings (SSSR count). The van der Waals surface area contributed by atoms with Crippen LogP contribution in [0, 0.1) is 0 Å². The van der Waals surface area contributed by atoms with Gasteiger partial charge in [-0.3, -0.25) is 9.71 Å². The van der Waals surface area contributed by atoms with Gasteiger partial charge in [0.15, 0.2) is 0 Å². The number of pyridine rings is 1. The number of hydrogen-bond acceptors (Lipinski definition) is 4. The number of sulfonamides is 1. The topological polar surface area (TPSA) is 71.1 Å². The second-order valence-electron chi connectivity index (χ2n) is 4.70. The summed E-state index contributed by atoms with van der Waals surface area (Å²) in [4.78, 5) is 3.98. The SMILES string of the molecule is CCNC(C)c1cccc(NS(=O)(=O)c2cccnc2)c1. The summed E-state index contributed by atoms with van der Waals surface area (Å²) in [7, 11) is -3.60. The number of benzene rings is 1. The second-order valence-corrected chi connectivity index (χ2v) is 6.38. The van der Waals surface area contributed by atoms with Crippen molar-refractivity contribution < 1.29 is 8.42 Å². The van der Waals surface area contributed by atoms with Crippen LogP contribution in [-0.4, -0.2) is 19.9 Å². The van der Waals surface area contributed by atoms with E-state index in [1.54, 1.807) is 12.1 Å². The van der Waals surface area contributed by atoms with Gasteiger partial charge in [0.25, 0.3) is 10.0 Å². The van der Waals surface area contributed by atoms with Gasteiger partial charge >= 0.3 is 0 Å². The molecule has 1 heterocycles. The molecule has 0 aliphatic rings. The maximum absolute atomic E-state index is 12.2. The quantitative estimate of drug-likeness (QED) is 0.860. The Balaban J connectivity index is 2.22. The average molecular weight is 305 g/mol. The van der Waals surface area contributed by atoms with E-state index in [-0.39, 0.29) is 10.9 Å². The average Bonchev–Trinajstić information content (AvgIpc) is 2.48. The first-order chi connectivity index (χ1) is 10.0. The molecule has 6 heteroatoms. The van der Waals surface area contributed by atoms with Gasteiger partial charge < -0.3 is 5.32 Å². The van der Waals surface area contributed by atoms with Crippen LogP contribution in [0.1, 0.15) is 25.5 Å². The Hall–Kier alpha value is -1.92. The number of nitrogens with zero attached hydrogens (tertiary/aromatic N) is 1. The van der Waals surface area contributed by atoms with Crippen LogP contribution in [0.25, 0.3) is 0 Å². The van der Waals surface area contributed by atoms with Gasteiger partial charge in [-0.25, -0.2) is 8.42 Å². The highest BCUT2D eigenvalue weighted by Gasteiger charge is 2.14. The molecule has 5 nitrogen and oxygen atoms in total. The van der Waals surface area contributed by atoms with E-state index < -0.39 is 10.0 Å². The molecule has 0 radical (unpaired) electrons. The lowest BCUT2D eigenvalue weighted by atomic mass is 10.1. The van der Waals surface area contributed by atoms with Crippen molar-refractivity contribution in [1.82, 2.24) is 10.3 Å². The third-order valence-electron chi connectivity index (χ3n) is 3.09. The molecule has 0 spiro atoms. The Morgan fingerprint density at radius 3 is 2.71 bits per heavy atom. The van der Waals surface area contributed by atoms with Crippen LogP contribution in [0.2, 0.25) is 0 Å². The molecule has 1 aromatic carbocycles. The minimum absolute atomic E-state index is 0.148. The molecule has 112 valence electrons. The van der Waals surface area contributed by atoms with Crippen LogP contribution in [0.5, 0.6) is 0 Å². The number of anilines is 1. The summed E-state index contributed by atoms with van der Waals surface area (Å²) in [6.45, 7) is 4.93. The van der Waals surface area contributed by atoms with Crippen LogP contribution in [0.3, 0.4) is 0 Å². The van der Waals surface area contributed by atoms with Crippen LogP contribution >= 0.6 is 0 Å². The molecular weight excluding hydrogens is 286 g/mol. The van der Waals surface area contributed by atoms with E-state index >= 15 is 0 Å². The molecule has 0 amide bonds. The highest BCUT2D eigenvalue weighted by Crippen LogP contribution is 2.20. The van der Waals surface area contributed by atoms with Crippen LogP contribution in [-0.2, 0) is 10.0 Å². The number of aromatic nitrogens is 1. The molecule has 0 saturated carbocycles. The smallest absolute Gasteiger partial charge is 0.263 e. The Kier molecular flexibility index (Phi) is 4.93. The Morgan fingerprint density at radius 1 is 1.24 bits per heavy atom. The van der Waals surface area contributed by atoms with Gasteiger partial charge in [0.1, 0.15) is 4.90 Å². The highest BCUT2D eigenvalue weighted by atomic mass is 32.2. The first-order valence-corrected chi connectivity index (χ1v) is 8.27. The van der Waals surface area contributed by atoms with Crippen molar-refractivity contribution >= 4 is 15.7 Å². The van der Waals surface area contributed by atoms with Crippen LogP contribution < -0.4 is 10.0 Å². The summed E-state index contributed by atoms with van der Waals surface area (Å²) in [5, 5.41) is 3.30. The molecule has 1 unspecified atom stereocenters. The number of rotatable bonds is 6. The molecule has 1 atom stereocenters. The molecular formula is C15H19N3O2S. The van der Waals surface area contributed by atoms with Gasteiger partial charge in [0.05, 0.1) is 0 Å². The minimum atomic E-state index is -3.60. The molecule has 1 aromatic heterocycles. The molecule has 0 saturated heterocycles. The summed E-state index contributed by atoms with van der Waals surface area (Å²) in [6, 6.07) is 10.6. The molecule has 2 N–H and O–H groups in total. The first-order valence-electron chi connectivity index (χ1n) is 6.79. The van der Waals surface area contributed by atoms with Crippen molar-refractivity contribution in [2.24, 2.45) is 0 Å². The third-order valence-corrected chi connectivity index (χ3v) is 4.46. The van der Waals surface area contributed by atoms with Crippen molar-refractivity contribution in [3.8, 4) is 0 Å². The van der Waals surface area contributed by atoms with Crippen molar-refractivity contribution in [2.75, 3.05) is 11.3 Å². The van der Waals surface area contributed by atoms with Gasteiger partial charge in [-0.1, -0.05) is 19.1 Å². The van der Waals surface area contributed by atoms with E-state index in [1.807, 2.05) is 32.0 Å².